The minimum Gasteiger partial charge on any atom is -0.456 e. The van der Waals surface area contributed by atoms with E-state index in [0.29, 0.717) is 0 Å². The summed E-state index contributed by atoms with van der Waals surface area (Å²) in [6.45, 7) is -0.512. The molecular formula is C17H12ClF3N3O4+. The second kappa shape index (κ2) is 7.12. The van der Waals surface area contributed by atoms with Crippen LogP contribution in [-0.2, 0) is 11.0 Å². The third-order valence-corrected chi connectivity index (χ3v) is 4.20. The zero-order valence-corrected chi connectivity index (χ0v) is 15.0. The molecule has 0 atom stereocenters. The predicted octanol–water partition coefficient (Wildman–Crippen LogP) is 4.24. The number of benzene rings is 2. The maximum absolute atomic E-state index is 12.7. The van der Waals surface area contributed by atoms with Gasteiger partial charge in [0.15, 0.2) is 0 Å². The van der Waals surface area contributed by atoms with E-state index in [-0.39, 0.29) is 27.1 Å². The first-order valence-corrected chi connectivity index (χ1v) is 8.15. The summed E-state index contributed by atoms with van der Waals surface area (Å²) in [5, 5.41) is 0.533. The molecule has 1 saturated heterocycles. The van der Waals surface area contributed by atoms with Gasteiger partial charge in [-0.25, -0.2) is 9.69 Å². The Balaban J connectivity index is 1.79. The zero-order chi connectivity index (χ0) is 20.6. The van der Waals surface area contributed by atoms with Crippen molar-refractivity contribution in [2.45, 2.75) is 6.18 Å². The molecule has 28 heavy (non-hydrogen) atoms. The Kier molecular flexibility index (Phi) is 4.99. The number of urea groups is 1. The normalized spacial score (nSPS) is 15.2. The number of imide groups is 1. The van der Waals surface area contributed by atoms with Crippen LogP contribution in [0.2, 0.25) is 5.02 Å². The summed E-state index contributed by atoms with van der Waals surface area (Å²) in [6, 6.07) is 7.49. The summed E-state index contributed by atoms with van der Waals surface area (Å²) in [5.74, 6) is -0.465. The number of nitrogens with zero attached hydrogens (tertiary/aromatic N) is 3. The minimum atomic E-state index is -4.52. The summed E-state index contributed by atoms with van der Waals surface area (Å²) in [5.41, 5.74) is -0.695. The molecule has 3 amide bonds. The molecule has 1 aliphatic rings. The molecule has 1 aliphatic heterocycles. The van der Waals surface area contributed by atoms with E-state index in [1.165, 1.54) is 31.3 Å². The third kappa shape index (κ3) is 3.77. The number of amides is 3. The largest absolute Gasteiger partial charge is 0.456 e. The van der Waals surface area contributed by atoms with Gasteiger partial charge < -0.3 is 4.74 Å². The van der Waals surface area contributed by atoms with Crippen LogP contribution in [-0.4, -0.2) is 35.4 Å². The number of ether oxygens (including phenoxy) is 1. The van der Waals surface area contributed by atoms with E-state index < -0.39 is 30.2 Å². The Morgan fingerprint density at radius 3 is 2.32 bits per heavy atom. The predicted molar refractivity (Wildman–Crippen MR) is 92.1 cm³/mol. The molecule has 11 heteroatoms. The highest BCUT2D eigenvalue weighted by Gasteiger charge is 2.42. The van der Waals surface area contributed by atoms with Crippen LogP contribution in [0.4, 0.5) is 23.7 Å². The van der Waals surface area contributed by atoms with Crippen LogP contribution in [0, 0.1) is 4.91 Å². The summed E-state index contributed by atoms with van der Waals surface area (Å²) < 4.78 is 43.5. The first kappa shape index (κ1) is 19.6. The Morgan fingerprint density at radius 2 is 1.75 bits per heavy atom. The number of alkyl halides is 3. The lowest BCUT2D eigenvalue weighted by Crippen LogP contribution is -2.56. The van der Waals surface area contributed by atoms with Crippen molar-refractivity contribution in [3.8, 4) is 11.5 Å². The molecule has 0 spiro atoms. The summed E-state index contributed by atoms with van der Waals surface area (Å²) in [7, 11) is 1.23. The van der Waals surface area contributed by atoms with Gasteiger partial charge in [0.1, 0.15) is 16.4 Å². The van der Waals surface area contributed by atoms with Crippen LogP contribution < -0.4 is 9.64 Å². The van der Waals surface area contributed by atoms with Gasteiger partial charge in [0, 0.05) is 0 Å². The molecule has 1 fully saturated rings. The number of carbonyl (C=O) groups excluding carboxylic acids is 2. The molecule has 0 unspecified atom stereocenters. The average Bonchev–Trinajstić information content (AvgIpc) is 2.62. The number of hydrazine groups is 1. The highest BCUT2D eigenvalue weighted by atomic mass is 35.5. The molecule has 2 aromatic carbocycles. The Morgan fingerprint density at radius 1 is 1.11 bits per heavy atom. The molecule has 2 aromatic rings. The fourth-order valence-electron chi connectivity index (χ4n) is 2.44. The second-order valence-electron chi connectivity index (χ2n) is 5.78. The van der Waals surface area contributed by atoms with Crippen LogP contribution in [0.15, 0.2) is 42.5 Å². The van der Waals surface area contributed by atoms with Crippen LogP contribution in [0.3, 0.4) is 0 Å². The number of carbonyl (C=O) groups is 2. The molecule has 7 nitrogen and oxygen atoms in total. The highest BCUT2D eigenvalue weighted by molar-refractivity contribution is 6.32. The van der Waals surface area contributed by atoms with Gasteiger partial charge in [0.2, 0.25) is 0 Å². The van der Waals surface area contributed by atoms with E-state index in [9.17, 15) is 27.7 Å². The average molecular weight is 415 g/mol. The lowest BCUT2D eigenvalue weighted by Gasteiger charge is -2.24. The van der Waals surface area contributed by atoms with Crippen molar-refractivity contribution < 1.29 is 32.4 Å². The van der Waals surface area contributed by atoms with Gasteiger partial charge in [0.05, 0.1) is 28.2 Å². The van der Waals surface area contributed by atoms with Gasteiger partial charge in [-0.15, -0.1) is 0 Å². The summed E-state index contributed by atoms with van der Waals surface area (Å²) in [4.78, 5) is 36.6. The topological polar surface area (TPSA) is 69.9 Å². The number of rotatable bonds is 3. The summed E-state index contributed by atoms with van der Waals surface area (Å²) in [6.07, 6.45) is -4.52. The van der Waals surface area contributed by atoms with Gasteiger partial charge in [-0.05, 0) is 42.5 Å². The van der Waals surface area contributed by atoms with Crippen molar-refractivity contribution in [2.75, 3.05) is 18.5 Å². The molecule has 0 saturated carbocycles. The van der Waals surface area contributed by atoms with E-state index in [2.05, 4.69) is 0 Å². The summed E-state index contributed by atoms with van der Waals surface area (Å²) >= 11 is 5.84. The lowest BCUT2D eigenvalue weighted by molar-refractivity contribution is -0.674. The van der Waals surface area contributed by atoms with Gasteiger partial charge in [-0.2, -0.15) is 13.2 Å². The van der Waals surface area contributed by atoms with E-state index >= 15 is 0 Å². The number of nitroso groups, excluding NO2 is 1. The fourth-order valence-corrected chi connectivity index (χ4v) is 2.66. The first-order chi connectivity index (χ1) is 13.1. The molecule has 0 aromatic heterocycles. The number of halogens is 4. The molecule has 0 N–H and O–H groups in total. The van der Waals surface area contributed by atoms with E-state index in [1.807, 2.05) is 0 Å². The third-order valence-electron chi connectivity index (χ3n) is 3.90. The molecule has 0 aliphatic carbocycles. The first-order valence-electron chi connectivity index (χ1n) is 7.78. The van der Waals surface area contributed by atoms with Crippen molar-refractivity contribution in [3.63, 3.8) is 0 Å². The van der Waals surface area contributed by atoms with Gasteiger partial charge in [-0.1, -0.05) is 16.6 Å². The number of anilines is 1. The fraction of sp³-hybridized carbons (Fsp3) is 0.176. The maximum Gasteiger partial charge on any atom is 0.416 e. The standard InChI is InChI=1S/C17H12ClF3N3O4/c1-22-16(26)24(15(25)9-23(22)27)11-3-5-12(6-4-11)28-14-7-2-10(8-13(14)18)17(19,20)21/h2-8H,9H2,1H3/q+1. The molecule has 146 valence electrons. The Labute approximate surface area is 161 Å². The van der Waals surface area contributed by atoms with Crippen molar-refractivity contribution in [3.05, 3.63) is 58.0 Å². The smallest absolute Gasteiger partial charge is 0.416 e. The maximum atomic E-state index is 12.7. The SMILES string of the molecule is CN1C(=O)N(c2ccc(Oc3ccc(C(F)(F)F)cc3Cl)cc2)C(=O)C[N+]1=O. The molecule has 0 bridgehead atoms. The van der Waals surface area contributed by atoms with E-state index in [4.69, 9.17) is 16.3 Å². The number of hydrogen-bond donors (Lipinski definition) is 0. The van der Waals surface area contributed by atoms with Gasteiger partial charge >= 0.3 is 24.7 Å². The van der Waals surface area contributed by atoms with Gasteiger partial charge in [-0.3, -0.25) is 4.79 Å². The minimum absolute atomic E-state index is 0.00859. The highest BCUT2D eigenvalue weighted by Crippen LogP contribution is 2.36. The second-order valence-corrected chi connectivity index (χ2v) is 6.19. The van der Waals surface area contributed by atoms with Crippen molar-refractivity contribution >= 4 is 29.2 Å². The van der Waals surface area contributed by atoms with Crippen LogP contribution >= 0.6 is 11.6 Å². The van der Waals surface area contributed by atoms with E-state index in [1.54, 1.807) is 0 Å². The molecular weight excluding hydrogens is 403 g/mol. The van der Waals surface area contributed by atoms with Crippen LogP contribution in [0.25, 0.3) is 0 Å². The van der Waals surface area contributed by atoms with Crippen LogP contribution in [0.5, 0.6) is 11.5 Å². The van der Waals surface area contributed by atoms with Gasteiger partial charge in [0.25, 0.3) is 0 Å². The van der Waals surface area contributed by atoms with Crippen molar-refractivity contribution in [2.24, 2.45) is 0 Å². The number of hydrogen-bond acceptors (Lipinski definition) is 4. The van der Waals surface area contributed by atoms with Crippen molar-refractivity contribution in [1.82, 2.24) is 5.01 Å². The molecule has 3 rings (SSSR count). The Hall–Kier alpha value is -3.14. The monoisotopic (exact) mass is 414 g/mol. The Bertz CT molecular complexity index is 963. The van der Waals surface area contributed by atoms with E-state index in [0.717, 1.165) is 28.1 Å². The lowest BCUT2D eigenvalue weighted by atomic mass is 10.2. The quantitative estimate of drug-likeness (QED) is 0.704. The van der Waals surface area contributed by atoms with Crippen molar-refractivity contribution in [1.29, 1.82) is 0 Å². The van der Waals surface area contributed by atoms with Crippen LogP contribution in [0.1, 0.15) is 5.56 Å². The zero-order valence-electron chi connectivity index (χ0n) is 14.2. The molecule has 0 radical (unpaired) electrons. The molecule has 1 heterocycles.